The van der Waals surface area contributed by atoms with Crippen LogP contribution in [0.15, 0.2) is 30.3 Å². The zero-order chi connectivity index (χ0) is 10.8. The minimum atomic E-state index is 0.515. The lowest BCUT2D eigenvalue weighted by molar-refractivity contribution is 0.402. The fraction of sp³-hybridized carbons (Fsp3) is 0.571. The normalized spacial score (nSPS) is 26.7. The zero-order valence-corrected chi connectivity index (χ0v) is 9.90. The van der Waals surface area contributed by atoms with Crippen molar-refractivity contribution in [1.82, 2.24) is 5.32 Å². The van der Waals surface area contributed by atoms with Crippen molar-refractivity contribution in [2.24, 2.45) is 11.8 Å². The number of hydrogen-bond acceptors (Lipinski definition) is 1. The maximum Gasteiger partial charge on any atom is 0.0345 e. The number of hydrogen-bond donors (Lipinski definition) is 1. The molecule has 1 aromatic carbocycles. The molecule has 0 aromatic heterocycles. The van der Waals surface area contributed by atoms with Gasteiger partial charge in [-0.1, -0.05) is 51.1 Å². The minimum absolute atomic E-state index is 0.515. The molecular weight excluding hydrogens is 182 g/mol. The number of nitrogens with one attached hydrogen (secondary N) is 1. The highest BCUT2D eigenvalue weighted by molar-refractivity contribution is 5.20. The second kappa shape index (κ2) is 4.36. The molecule has 1 heteroatoms. The fourth-order valence-electron chi connectivity index (χ4n) is 2.12. The van der Waals surface area contributed by atoms with Crippen LogP contribution in [0.25, 0.3) is 0 Å². The summed E-state index contributed by atoms with van der Waals surface area (Å²) in [5.41, 5.74) is 1.42. The molecule has 3 atom stereocenters. The van der Waals surface area contributed by atoms with E-state index in [9.17, 15) is 0 Å². The van der Waals surface area contributed by atoms with E-state index in [0.717, 1.165) is 12.0 Å². The van der Waals surface area contributed by atoms with E-state index in [-0.39, 0.29) is 0 Å². The Morgan fingerprint density at radius 3 is 2.27 bits per heavy atom. The van der Waals surface area contributed by atoms with Crippen molar-refractivity contribution in [3.8, 4) is 0 Å². The van der Waals surface area contributed by atoms with E-state index in [1.54, 1.807) is 0 Å². The van der Waals surface area contributed by atoms with Crippen molar-refractivity contribution < 1.29 is 0 Å². The van der Waals surface area contributed by atoms with Crippen LogP contribution in [-0.2, 0) is 0 Å². The highest BCUT2D eigenvalue weighted by atomic mass is 15.0. The molecule has 0 spiro atoms. The lowest BCUT2D eigenvalue weighted by Gasteiger charge is -2.23. The van der Waals surface area contributed by atoms with Gasteiger partial charge in [0.05, 0.1) is 0 Å². The van der Waals surface area contributed by atoms with Gasteiger partial charge in [-0.2, -0.15) is 0 Å². The van der Waals surface area contributed by atoms with E-state index in [2.05, 4.69) is 56.4 Å². The molecule has 15 heavy (non-hydrogen) atoms. The van der Waals surface area contributed by atoms with Gasteiger partial charge in [-0.15, -0.1) is 0 Å². The minimum Gasteiger partial charge on any atom is -0.307 e. The van der Waals surface area contributed by atoms with E-state index in [4.69, 9.17) is 0 Å². The van der Waals surface area contributed by atoms with Crippen LogP contribution in [0.3, 0.4) is 0 Å². The SMILES string of the molecule is CC(C)C(NC1CC1C)c1ccccc1. The average molecular weight is 203 g/mol. The first-order chi connectivity index (χ1) is 7.18. The van der Waals surface area contributed by atoms with E-state index >= 15 is 0 Å². The van der Waals surface area contributed by atoms with Gasteiger partial charge in [0.15, 0.2) is 0 Å². The van der Waals surface area contributed by atoms with Crippen molar-refractivity contribution in [3.63, 3.8) is 0 Å². The topological polar surface area (TPSA) is 12.0 Å². The molecule has 1 aliphatic carbocycles. The van der Waals surface area contributed by atoms with Gasteiger partial charge in [-0.05, 0) is 23.8 Å². The number of benzene rings is 1. The highest BCUT2D eigenvalue weighted by Gasteiger charge is 2.34. The van der Waals surface area contributed by atoms with Crippen LogP contribution in [0.5, 0.6) is 0 Å². The Hall–Kier alpha value is -0.820. The molecule has 0 radical (unpaired) electrons. The van der Waals surface area contributed by atoms with Gasteiger partial charge < -0.3 is 5.32 Å². The van der Waals surface area contributed by atoms with Gasteiger partial charge in [0.1, 0.15) is 0 Å². The number of rotatable bonds is 4. The van der Waals surface area contributed by atoms with E-state index in [1.165, 1.54) is 12.0 Å². The summed E-state index contributed by atoms with van der Waals surface area (Å²) in [6.45, 7) is 6.90. The van der Waals surface area contributed by atoms with Gasteiger partial charge >= 0.3 is 0 Å². The second-order valence-corrected chi connectivity index (χ2v) is 5.12. The summed E-state index contributed by atoms with van der Waals surface area (Å²) in [7, 11) is 0. The third-order valence-electron chi connectivity index (χ3n) is 3.33. The molecule has 1 fully saturated rings. The average Bonchev–Trinajstić information content (AvgIpc) is 2.92. The summed E-state index contributed by atoms with van der Waals surface area (Å²) >= 11 is 0. The Morgan fingerprint density at radius 1 is 1.20 bits per heavy atom. The molecule has 2 rings (SSSR count). The summed E-state index contributed by atoms with van der Waals surface area (Å²) in [6, 6.07) is 12.1. The van der Waals surface area contributed by atoms with Gasteiger partial charge in [0, 0.05) is 12.1 Å². The summed E-state index contributed by atoms with van der Waals surface area (Å²) in [5, 5.41) is 3.76. The molecule has 3 unspecified atom stereocenters. The molecule has 0 saturated heterocycles. The van der Waals surface area contributed by atoms with Crippen molar-refractivity contribution in [3.05, 3.63) is 35.9 Å². The monoisotopic (exact) mass is 203 g/mol. The third kappa shape index (κ3) is 2.60. The molecule has 0 aliphatic heterocycles. The predicted molar refractivity (Wildman–Crippen MR) is 64.7 cm³/mol. The first kappa shape index (κ1) is 10.7. The Balaban J connectivity index is 2.06. The van der Waals surface area contributed by atoms with Crippen molar-refractivity contribution in [1.29, 1.82) is 0 Å². The molecule has 0 amide bonds. The molecule has 1 aliphatic rings. The van der Waals surface area contributed by atoms with Gasteiger partial charge in [-0.25, -0.2) is 0 Å². The first-order valence-corrected chi connectivity index (χ1v) is 5.99. The van der Waals surface area contributed by atoms with Gasteiger partial charge in [-0.3, -0.25) is 0 Å². The molecule has 0 bridgehead atoms. The molecule has 1 saturated carbocycles. The summed E-state index contributed by atoms with van der Waals surface area (Å²) in [5.74, 6) is 1.52. The smallest absolute Gasteiger partial charge is 0.0345 e. The van der Waals surface area contributed by atoms with Crippen LogP contribution in [-0.4, -0.2) is 6.04 Å². The maximum atomic E-state index is 3.76. The van der Waals surface area contributed by atoms with Crippen LogP contribution in [0.2, 0.25) is 0 Å². The second-order valence-electron chi connectivity index (χ2n) is 5.12. The van der Waals surface area contributed by atoms with E-state index in [0.29, 0.717) is 12.0 Å². The van der Waals surface area contributed by atoms with E-state index in [1.807, 2.05) is 0 Å². The molecule has 1 N–H and O–H groups in total. The first-order valence-electron chi connectivity index (χ1n) is 5.99. The molecule has 1 aromatic rings. The van der Waals surface area contributed by atoms with Crippen molar-refractivity contribution in [2.45, 2.75) is 39.3 Å². The van der Waals surface area contributed by atoms with Crippen LogP contribution in [0.4, 0.5) is 0 Å². The van der Waals surface area contributed by atoms with Gasteiger partial charge in [0.2, 0.25) is 0 Å². The molecule has 1 nitrogen and oxygen atoms in total. The predicted octanol–water partition coefficient (Wildman–Crippen LogP) is 3.38. The molecule has 82 valence electrons. The van der Waals surface area contributed by atoms with Crippen LogP contribution in [0.1, 0.15) is 38.8 Å². The largest absolute Gasteiger partial charge is 0.307 e. The van der Waals surface area contributed by atoms with Crippen LogP contribution < -0.4 is 5.32 Å². The Morgan fingerprint density at radius 2 is 1.80 bits per heavy atom. The third-order valence-corrected chi connectivity index (χ3v) is 3.33. The van der Waals surface area contributed by atoms with Gasteiger partial charge in [0.25, 0.3) is 0 Å². The van der Waals surface area contributed by atoms with E-state index < -0.39 is 0 Å². The Labute approximate surface area is 92.9 Å². The summed E-state index contributed by atoms with van der Waals surface area (Å²) in [6.07, 6.45) is 1.34. The summed E-state index contributed by atoms with van der Waals surface area (Å²) < 4.78 is 0. The molecular formula is C14H21N. The van der Waals surface area contributed by atoms with Crippen LogP contribution in [0, 0.1) is 11.8 Å². The lowest BCUT2D eigenvalue weighted by Crippen LogP contribution is -2.28. The van der Waals surface area contributed by atoms with Crippen molar-refractivity contribution >= 4 is 0 Å². The maximum absolute atomic E-state index is 3.76. The van der Waals surface area contributed by atoms with Crippen LogP contribution >= 0.6 is 0 Å². The lowest BCUT2D eigenvalue weighted by atomic mass is 9.96. The Bertz CT molecular complexity index is 304. The van der Waals surface area contributed by atoms with Crippen molar-refractivity contribution in [2.75, 3.05) is 0 Å². The standard InChI is InChI=1S/C14H21N/c1-10(2)14(15-13-9-11(13)3)12-7-5-4-6-8-12/h4-8,10-11,13-15H,9H2,1-3H3. The quantitative estimate of drug-likeness (QED) is 0.791. The summed E-state index contributed by atoms with van der Waals surface area (Å²) in [4.78, 5) is 0. The fourth-order valence-corrected chi connectivity index (χ4v) is 2.12. The molecule has 0 heterocycles. The Kier molecular flexibility index (Phi) is 3.11. The zero-order valence-electron chi connectivity index (χ0n) is 9.90. The highest BCUT2D eigenvalue weighted by Crippen LogP contribution is 2.33.